The van der Waals surface area contributed by atoms with Crippen LogP contribution in [0.5, 0.6) is 0 Å². The molecule has 0 radical (unpaired) electrons. The number of carbonyl (C=O) groups excluding carboxylic acids is 2. The molecule has 4 aromatic rings. The van der Waals surface area contributed by atoms with Crippen LogP contribution in [-0.4, -0.2) is 38.3 Å². The van der Waals surface area contributed by atoms with Gasteiger partial charge in [0.1, 0.15) is 23.3 Å². The first kappa shape index (κ1) is 28.7. The number of nitrogens with one attached hydrogen (secondary N) is 1. The fourth-order valence-electron chi connectivity index (χ4n) is 5.30. The molecule has 1 aliphatic carbocycles. The molecule has 7 nitrogen and oxygen atoms in total. The zero-order valence-electron chi connectivity index (χ0n) is 23.1. The van der Waals surface area contributed by atoms with E-state index in [0.29, 0.717) is 21.6 Å². The van der Waals surface area contributed by atoms with Crippen molar-refractivity contribution in [3.05, 3.63) is 77.1 Å². The Kier molecular flexibility index (Phi) is 8.09. The molecular formula is C31H31ClF2N4O3. The molecule has 41 heavy (non-hydrogen) atoms. The normalized spacial score (nSPS) is 15.1. The molecule has 2 heterocycles. The minimum Gasteiger partial charge on any atom is -0.458 e. The van der Waals surface area contributed by atoms with E-state index < -0.39 is 35.2 Å². The van der Waals surface area contributed by atoms with Crippen molar-refractivity contribution in [2.45, 2.75) is 64.5 Å². The molecule has 0 aliphatic heterocycles. The van der Waals surface area contributed by atoms with Gasteiger partial charge in [-0.3, -0.25) is 9.78 Å². The van der Waals surface area contributed by atoms with Crippen molar-refractivity contribution in [3.8, 4) is 16.9 Å². The number of amides is 1. The van der Waals surface area contributed by atoms with Crippen LogP contribution in [0.15, 0.2) is 54.7 Å². The average molecular weight is 581 g/mol. The lowest BCUT2D eigenvalue weighted by atomic mass is 9.83. The van der Waals surface area contributed by atoms with Gasteiger partial charge in [-0.05, 0) is 82.0 Å². The van der Waals surface area contributed by atoms with Crippen LogP contribution in [0.1, 0.15) is 63.4 Å². The molecule has 0 saturated heterocycles. The lowest BCUT2D eigenvalue weighted by Crippen LogP contribution is -2.49. The molecule has 2 aromatic carbocycles. The molecule has 2 aromatic heterocycles. The topological polar surface area (TPSA) is 86.1 Å². The maximum atomic E-state index is 15.1. The second-order valence-electron chi connectivity index (χ2n) is 11.3. The van der Waals surface area contributed by atoms with Crippen molar-refractivity contribution in [2.24, 2.45) is 5.92 Å². The van der Waals surface area contributed by atoms with E-state index in [9.17, 15) is 9.59 Å². The van der Waals surface area contributed by atoms with Crippen LogP contribution in [0.4, 0.5) is 8.78 Å². The largest absolute Gasteiger partial charge is 0.458 e. The van der Waals surface area contributed by atoms with Gasteiger partial charge in [0.2, 0.25) is 0 Å². The number of carbonyl (C=O) groups is 2. The Labute approximate surface area is 241 Å². The molecule has 1 amide bonds. The number of benzene rings is 2. The highest BCUT2D eigenvalue weighted by Gasteiger charge is 2.35. The molecule has 0 spiro atoms. The fraction of sp³-hybridized carbons (Fsp3) is 0.355. The van der Waals surface area contributed by atoms with Crippen molar-refractivity contribution in [1.29, 1.82) is 0 Å². The number of nitrogens with zero attached hydrogens (tertiary/aromatic N) is 3. The molecule has 10 heteroatoms. The van der Waals surface area contributed by atoms with E-state index in [1.54, 1.807) is 45.0 Å². The standard InChI is InChI=1S/C31H31ClF2N4O3/c1-31(2,3)41-30(40)28(18-8-5-4-6-9-18)36-29(39)24-17-26(27-21(33)10-7-11-22(27)34)38(37-24)25-14-15-35-23-16-19(32)12-13-20(23)25/h7,10-18,28H,4-6,8-9H2,1-3H3,(H,36,39)/t28-/m0/s1. The first-order valence-electron chi connectivity index (χ1n) is 13.6. The lowest BCUT2D eigenvalue weighted by molar-refractivity contribution is -0.159. The van der Waals surface area contributed by atoms with E-state index >= 15 is 8.78 Å². The van der Waals surface area contributed by atoms with Crippen LogP contribution in [0.25, 0.3) is 27.8 Å². The van der Waals surface area contributed by atoms with E-state index in [0.717, 1.165) is 44.2 Å². The number of halogens is 3. The smallest absolute Gasteiger partial charge is 0.329 e. The minimum atomic E-state index is -0.885. The number of esters is 1. The quantitative estimate of drug-likeness (QED) is 0.247. The van der Waals surface area contributed by atoms with Crippen molar-refractivity contribution in [3.63, 3.8) is 0 Å². The summed E-state index contributed by atoms with van der Waals surface area (Å²) in [4.78, 5) is 31.2. The van der Waals surface area contributed by atoms with Gasteiger partial charge in [0.25, 0.3) is 5.91 Å². The van der Waals surface area contributed by atoms with E-state index in [2.05, 4.69) is 15.4 Å². The van der Waals surface area contributed by atoms with Crippen LogP contribution in [0.3, 0.4) is 0 Å². The molecule has 214 valence electrons. The van der Waals surface area contributed by atoms with Gasteiger partial charge in [-0.2, -0.15) is 5.10 Å². The maximum absolute atomic E-state index is 15.1. The highest BCUT2D eigenvalue weighted by Crippen LogP contribution is 2.33. The van der Waals surface area contributed by atoms with Gasteiger partial charge in [0.15, 0.2) is 5.69 Å². The van der Waals surface area contributed by atoms with Crippen molar-refractivity contribution >= 4 is 34.4 Å². The van der Waals surface area contributed by atoms with Gasteiger partial charge in [0, 0.05) is 16.6 Å². The lowest BCUT2D eigenvalue weighted by Gasteiger charge is -2.31. The number of hydrogen-bond acceptors (Lipinski definition) is 5. The summed E-state index contributed by atoms with van der Waals surface area (Å²) in [6.45, 7) is 5.31. The summed E-state index contributed by atoms with van der Waals surface area (Å²) in [6, 6.07) is 10.7. The van der Waals surface area contributed by atoms with Crippen molar-refractivity contribution in [1.82, 2.24) is 20.1 Å². The maximum Gasteiger partial charge on any atom is 0.329 e. The highest BCUT2D eigenvalue weighted by molar-refractivity contribution is 6.31. The molecule has 1 atom stereocenters. The number of ether oxygens (including phenoxy) is 1. The predicted octanol–water partition coefficient (Wildman–Crippen LogP) is 7.04. The summed E-state index contributed by atoms with van der Waals surface area (Å²) in [7, 11) is 0. The monoisotopic (exact) mass is 580 g/mol. The van der Waals surface area contributed by atoms with Crippen LogP contribution in [0.2, 0.25) is 5.02 Å². The number of pyridine rings is 1. The van der Waals surface area contributed by atoms with Crippen LogP contribution in [0, 0.1) is 17.6 Å². The van der Waals surface area contributed by atoms with Gasteiger partial charge in [-0.15, -0.1) is 0 Å². The Morgan fingerprint density at radius 2 is 1.76 bits per heavy atom. The summed E-state index contributed by atoms with van der Waals surface area (Å²) in [5.74, 6) is -2.89. The zero-order valence-corrected chi connectivity index (χ0v) is 23.8. The van der Waals surface area contributed by atoms with E-state index in [4.69, 9.17) is 16.3 Å². The molecule has 1 aliphatic rings. The van der Waals surface area contributed by atoms with Gasteiger partial charge in [-0.25, -0.2) is 18.3 Å². The number of fused-ring (bicyclic) bond motifs is 1. The van der Waals surface area contributed by atoms with E-state index in [-0.39, 0.29) is 22.9 Å². The summed E-state index contributed by atoms with van der Waals surface area (Å²) >= 11 is 6.16. The Balaban J connectivity index is 1.60. The van der Waals surface area contributed by atoms with Gasteiger partial charge in [-0.1, -0.05) is 36.9 Å². The number of hydrogen-bond donors (Lipinski definition) is 1. The highest BCUT2D eigenvalue weighted by atomic mass is 35.5. The first-order valence-corrected chi connectivity index (χ1v) is 14.0. The van der Waals surface area contributed by atoms with Crippen LogP contribution in [-0.2, 0) is 9.53 Å². The molecule has 0 bridgehead atoms. The van der Waals surface area contributed by atoms with Gasteiger partial charge in [0.05, 0.1) is 22.5 Å². The molecule has 1 fully saturated rings. The van der Waals surface area contributed by atoms with Crippen molar-refractivity contribution in [2.75, 3.05) is 0 Å². The van der Waals surface area contributed by atoms with Gasteiger partial charge >= 0.3 is 5.97 Å². The van der Waals surface area contributed by atoms with Crippen molar-refractivity contribution < 1.29 is 23.1 Å². The Morgan fingerprint density at radius 3 is 2.44 bits per heavy atom. The second-order valence-corrected chi connectivity index (χ2v) is 11.7. The third-order valence-corrected chi connectivity index (χ3v) is 7.37. The Bertz CT molecular complexity index is 1590. The Hall–Kier alpha value is -3.85. The zero-order chi connectivity index (χ0) is 29.3. The minimum absolute atomic E-state index is 0.0275. The van der Waals surface area contributed by atoms with Crippen LogP contribution >= 0.6 is 11.6 Å². The van der Waals surface area contributed by atoms with Crippen LogP contribution < -0.4 is 5.32 Å². The summed E-state index contributed by atoms with van der Waals surface area (Å²) in [6.07, 6.45) is 6.04. The predicted molar refractivity (Wildman–Crippen MR) is 153 cm³/mol. The fourth-order valence-corrected chi connectivity index (χ4v) is 5.47. The molecule has 0 unspecified atom stereocenters. The summed E-state index contributed by atoms with van der Waals surface area (Å²) in [5.41, 5.74) is -0.172. The Morgan fingerprint density at radius 1 is 1.05 bits per heavy atom. The number of rotatable bonds is 6. The molecule has 5 rings (SSSR count). The van der Waals surface area contributed by atoms with Gasteiger partial charge < -0.3 is 10.1 Å². The SMILES string of the molecule is CC(C)(C)OC(=O)[C@@H](NC(=O)c1cc(-c2c(F)cccc2F)n(-c2ccnc3cc(Cl)ccc23)n1)C1CCCCC1. The third-order valence-electron chi connectivity index (χ3n) is 7.14. The van der Waals surface area contributed by atoms with E-state index in [1.165, 1.54) is 23.0 Å². The summed E-state index contributed by atoms with van der Waals surface area (Å²) < 4.78 is 37.1. The second kappa shape index (κ2) is 11.6. The summed E-state index contributed by atoms with van der Waals surface area (Å²) in [5, 5.41) is 8.42. The molecule has 1 N–H and O–H groups in total. The first-order chi connectivity index (χ1) is 19.5. The third kappa shape index (κ3) is 6.25. The molecular weight excluding hydrogens is 550 g/mol. The number of aromatic nitrogens is 3. The molecule has 1 saturated carbocycles. The van der Waals surface area contributed by atoms with E-state index in [1.807, 2.05) is 0 Å². The average Bonchev–Trinajstić information content (AvgIpc) is 3.35.